The predicted molar refractivity (Wildman–Crippen MR) is 43.8 cm³/mol. The number of hydrogen-bond acceptors (Lipinski definition) is 1. The van der Waals surface area contributed by atoms with Crippen LogP contribution in [0.15, 0.2) is 0 Å². The lowest BCUT2D eigenvalue weighted by atomic mass is 10.3. The van der Waals surface area contributed by atoms with Crippen molar-refractivity contribution in [1.82, 2.24) is 4.90 Å². The van der Waals surface area contributed by atoms with Crippen LogP contribution < -0.4 is 0 Å². The van der Waals surface area contributed by atoms with Gasteiger partial charge in [0.05, 0.1) is 26.7 Å². The van der Waals surface area contributed by atoms with E-state index in [4.69, 9.17) is 11.6 Å². The van der Waals surface area contributed by atoms with Gasteiger partial charge in [0.25, 0.3) is 0 Å². The highest BCUT2D eigenvalue weighted by Gasteiger charge is 2.41. The van der Waals surface area contributed by atoms with Crippen LogP contribution in [0.4, 0.5) is 0 Å². The zero-order valence-electron chi connectivity index (χ0n) is 7.13. The van der Waals surface area contributed by atoms with E-state index >= 15 is 0 Å². The first-order chi connectivity index (χ1) is 4.45. The second kappa shape index (κ2) is 2.36. The molecule has 2 unspecified atom stereocenters. The molecule has 0 saturated carbocycles. The fourth-order valence-electron chi connectivity index (χ4n) is 1.60. The summed E-state index contributed by atoms with van der Waals surface area (Å²) in [5, 5.41) is 0. The lowest BCUT2D eigenvalue weighted by molar-refractivity contribution is -0.894. The molecule has 0 radical (unpaired) electrons. The van der Waals surface area contributed by atoms with Gasteiger partial charge in [0, 0.05) is 0 Å². The van der Waals surface area contributed by atoms with Gasteiger partial charge >= 0.3 is 0 Å². The molecule has 0 aromatic heterocycles. The van der Waals surface area contributed by atoms with Crippen molar-refractivity contribution in [2.24, 2.45) is 0 Å². The summed E-state index contributed by atoms with van der Waals surface area (Å²) < 4.78 is 0.902. The van der Waals surface area contributed by atoms with E-state index in [0.29, 0.717) is 6.04 Å². The van der Waals surface area contributed by atoms with Crippen molar-refractivity contribution in [2.45, 2.75) is 18.6 Å². The Bertz CT molecular complexity index is 136. The van der Waals surface area contributed by atoms with Crippen molar-refractivity contribution in [3.05, 3.63) is 0 Å². The third kappa shape index (κ3) is 1.16. The predicted octanol–water partition coefficient (Wildman–Crippen LogP) is 0.919. The molecule has 3 heteroatoms. The van der Waals surface area contributed by atoms with Crippen LogP contribution in [-0.2, 0) is 0 Å². The van der Waals surface area contributed by atoms with E-state index < -0.39 is 0 Å². The summed E-state index contributed by atoms with van der Waals surface area (Å²) in [6, 6.07) is 0.609. The minimum Gasteiger partial charge on any atom is -0.299 e. The maximum Gasteiger partial charge on any atom is 0.223 e. The Morgan fingerprint density at radius 2 is 2.00 bits per heavy atom. The van der Waals surface area contributed by atoms with Crippen LogP contribution >= 0.6 is 11.6 Å². The number of nitrogens with zero attached hydrogens (tertiary/aromatic N) is 2. The number of hydrogen-bond donors (Lipinski definition) is 0. The van der Waals surface area contributed by atoms with Gasteiger partial charge in [-0.2, -0.15) is 0 Å². The topological polar surface area (TPSA) is 3.24 Å². The minimum absolute atomic E-state index is 0.148. The molecule has 1 fully saturated rings. The Balaban J connectivity index is 2.71. The standard InChI is InChI=1S/C7H16ClN2/c1-6-5-10(3,4)7(8)9(6)2/h6-7H,5H2,1-4H3/q+1. The van der Waals surface area contributed by atoms with E-state index in [-0.39, 0.29) is 5.62 Å². The number of halogens is 1. The number of quaternary nitrogens is 1. The van der Waals surface area contributed by atoms with E-state index in [2.05, 4.69) is 33.0 Å². The Kier molecular flexibility index (Phi) is 1.96. The zero-order chi connectivity index (χ0) is 7.94. The lowest BCUT2D eigenvalue weighted by Crippen LogP contribution is -2.44. The fraction of sp³-hybridized carbons (Fsp3) is 1.00. The molecule has 1 aliphatic rings. The first-order valence-corrected chi connectivity index (χ1v) is 4.07. The lowest BCUT2D eigenvalue weighted by Gasteiger charge is -2.27. The van der Waals surface area contributed by atoms with Gasteiger partial charge in [0.1, 0.15) is 0 Å². The van der Waals surface area contributed by atoms with E-state index in [0.717, 1.165) is 11.0 Å². The second-order valence-electron chi connectivity index (χ2n) is 3.79. The largest absolute Gasteiger partial charge is 0.299 e. The molecule has 1 saturated heterocycles. The maximum atomic E-state index is 6.15. The summed E-state index contributed by atoms with van der Waals surface area (Å²) in [6.45, 7) is 3.35. The molecule has 0 aliphatic carbocycles. The molecule has 1 aliphatic heterocycles. The van der Waals surface area contributed by atoms with Gasteiger partial charge in [-0.1, -0.05) is 0 Å². The van der Waals surface area contributed by atoms with Crippen molar-refractivity contribution in [3.8, 4) is 0 Å². The second-order valence-corrected chi connectivity index (χ2v) is 4.18. The molecule has 2 atom stereocenters. The van der Waals surface area contributed by atoms with Crippen molar-refractivity contribution >= 4 is 11.6 Å². The van der Waals surface area contributed by atoms with Crippen LogP contribution in [0.25, 0.3) is 0 Å². The molecular weight excluding hydrogens is 148 g/mol. The summed E-state index contributed by atoms with van der Waals surface area (Å²) >= 11 is 6.15. The normalized spacial score (nSPS) is 40.5. The molecule has 10 heavy (non-hydrogen) atoms. The van der Waals surface area contributed by atoms with E-state index in [1.54, 1.807) is 0 Å². The van der Waals surface area contributed by atoms with E-state index in [9.17, 15) is 0 Å². The minimum atomic E-state index is 0.148. The SMILES string of the molecule is CC1C[N+](C)(C)C(Cl)N1C. The molecule has 0 amide bonds. The van der Waals surface area contributed by atoms with Gasteiger partial charge in [-0.3, -0.25) is 4.48 Å². The van der Waals surface area contributed by atoms with Crippen LogP contribution in [0.1, 0.15) is 6.92 Å². The van der Waals surface area contributed by atoms with Gasteiger partial charge in [-0.05, 0) is 25.6 Å². The molecular formula is C7H16ClN2+. The molecule has 60 valence electrons. The summed E-state index contributed by atoms with van der Waals surface area (Å²) in [6.07, 6.45) is 0. The first-order valence-electron chi connectivity index (χ1n) is 3.64. The highest BCUT2D eigenvalue weighted by Crippen LogP contribution is 2.25. The fourth-order valence-corrected chi connectivity index (χ4v) is 1.87. The molecule has 0 aromatic carbocycles. The third-order valence-electron chi connectivity index (χ3n) is 2.34. The Labute approximate surface area is 68.0 Å². The molecule has 0 spiro atoms. The van der Waals surface area contributed by atoms with Crippen LogP contribution in [-0.4, -0.2) is 48.7 Å². The molecule has 0 bridgehead atoms. The third-order valence-corrected chi connectivity index (χ3v) is 3.18. The Hall–Kier alpha value is 0.210. The van der Waals surface area contributed by atoms with Crippen LogP contribution in [0.3, 0.4) is 0 Å². The average molecular weight is 164 g/mol. The molecule has 0 aromatic rings. The van der Waals surface area contributed by atoms with Crippen LogP contribution in [0, 0.1) is 0 Å². The number of likely N-dealkylation sites (N-methyl/N-ethyl adjacent to an activating group) is 2. The summed E-state index contributed by atoms with van der Waals surface area (Å²) in [5.74, 6) is 0. The van der Waals surface area contributed by atoms with Gasteiger partial charge in [-0.25, -0.2) is 4.90 Å². The smallest absolute Gasteiger partial charge is 0.223 e. The quantitative estimate of drug-likeness (QED) is 0.292. The van der Waals surface area contributed by atoms with Crippen molar-refractivity contribution in [2.75, 3.05) is 27.7 Å². The first kappa shape index (κ1) is 8.31. The highest BCUT2D eigenvalue weighted by molar-refractivity contribution is 6.19. The van der Waals surface area contributed by atoms with Crippen molar-refractivity contribution < 1.29 is 4.48 Å². The molecule has 0 N–H and O–H groups in total. The molecule has 1 rings (SSSR count). The Morgan fingerprint density at radius 3 is 2.10 bits per heavy atom. The monoisotopic (exact) mass is 163 g/mol. The van der Waals surface area contributed by atoms with Gasteiger partial charge in [-0.15, -0.1) is 0 Å². The van der Waals surface area contributed by atoms with E-state index in [1.807, 2.05) is 0 Å². The average Bonchev–Trinajstić information content (AvgIpc) is 1.95. The van der Waals surface area contributed by atoms with Gasteiger partial charge < -0.3 is 0 Å². The summed E-state index contributed by atoms with van der Waals surface area (Å²) in [4.78, 5) is 2.21. The number of alkyl halides is 1. The molecule has 1 heterocycles. The van der Waals surface area contributed by atoms with Crippen LogP contribution in [0.5, 0.6) is 0 Å². The van der Waals surface area contributed by atoms with Crippen molar-refractivity contribution in [3.63, 3.8) is 0 Å². The summed E-state index contributed by atoms with van der Waals surface area (Å²) in [5.41, 5.74) is 0.148. The zero-order valence-corrected chi connectivity index (χ0v) is 7.89. The van der Waals surface area contributed by atoms with Crippen LogP contribution in [0.2, 0.25) is 0 Å². The molecule has 2 nitrogen and oxygen atoms in total. The van der Waals surface area contributed by atoms with Gasteiger partial charge in [0.2, 0.25) is 5.62 Å². The van der Waals surface area contributed by atoms with Gasteiger partial charge in [0.15, 0.2) is 0 Å². The maximum absolute atomic E-state index is 6.15. The highest BCUT2D eigenvalue weighted by atomic mass is 35.5. The Morgan fingerprint density at radius 1 is 1.50 bits per heavy atom. The number of rotatable bonds is 0. The van der Waals surface area contributed by atoms with Crippen molar-refractivity contribution in [1.29, 1.82) is 0 Å². The van der Waals surface area contributed by atoms with E-state index in [1.165, 1.54) is 0 Å². The summed E-state index contributed by atoms with van der Waals surface area (Å²) in [7, 11) is 6.41.